The predicted molar refractivity (Wildman–Crippen MR) is 202 cm³/mol. The summed E-state index contributed by atoms with van der Waals surface area (Å²) in [6, 6.07) is 0.459. The molecule has 296 valence electrons. The van der Waals surface area contributed by atoms with Crippen molar-refractivity contribution in [3.63, 3.8) is 0 Å². The van der Waals surface area contributed by atoms with Crippen molar-refractivity contribution in [1.82, 2.24) is 36.5 Å². The maximum atomic E-state index is 12.7. The van der Waals surface area contributed by atoms with Crippen LogP contribution in [0.25, 0.3) is 0 Å². The van der Waals surface area contributed by atoms with Gasteiger partial charge < -0.3 is 37.1 Å². The summed E-state index contributed by atoms with van der Waals surface area (Å²) in [6.07, 6.45) is 7.65. The fraction of sp³-hybridized carbons (Fsp3) is 0.706. The van der Waals surface area contributed by atoms with Crippen molar-refractivity contribution in [2.45, 2.75) is 88.8 Å². The molecule has 8 N–H and O–H groups in total. The van der Waals surface area contributed by atoms with Gasteiger partial charge in [0, 0.05) is 49.8 Å². The number of imide groups is 1. The van der Waals surface area contributed by atoms with Crippen LogP contribution in [0.3, 0.4) is 0 Å². The number of aromatic nitrogens is 1. The number of nitrogens with zero attached hydrogens (tertiary/aromatic N) is 2. The van der Waals surface area contributed by atoms with Gasteiger partial charge in [-0.25, -0.2) is 4.98 Å². The lowest BCUT2D eigenvalue weighted by Crippen LogP contribution is -2.37. The average Bonchev–Trinajstić information content (AvgIpc) is 3.65. The number of nitrogens with two attached hydrogens (primary N) is 1. The number of hydrogen-bond donors (Lipinski definition) is 7. The summed E-state index contributed by atoms with van der Waals surface area (Å²) in [6.45, 7) is 4.02. The Kier molecular flexibility index (Phi) is 20.3. The lowest BCUT2D eigenvalue weighted by molar-refractivity contribution is -0.138. The molecule has 7 amide bonds. The summed E-state index contributed by atoms with van der Waals surface area (Å²) in [4.78, 5) is 90.9. The summed E-state index contributed by atoms with van der Waals surface area (Å²) in [7, 11) is 0. The molecule has 0 saturated carbocycles. The number of thioether (sulfide) groups is 1. The minimum atomic E-state index is -0.637. The van der Waals surface area contributed by atoms with E-state index < -0.39 is 11.2 Å². The van der Waals surface area contributed by atoms with E-state index in [0.717, 1.165) is 74.3 Å². The van der Waals surface area contributed by atoms with Gasteiger partial charge in [-0.15, -0.1) is 23.1 Å². The largest absolute Gasteiger partial charge is 0.379 e. The molecule has 1 saturated heterocycles. The van der Waals surface area contributed by atoms with Crippen LogP contribution in [0.2, 0.25) is 0 Å². The molecule has 0 radical (unpaired) electrons. The van der Waals surface area contributed by atoms with Gasteiger partial charge in [0.25, 0.3) is 0 Å². The number of rotatable bonds is 27. The average molecular weight is 782 g/mol. The first kappa shape index (κ1) is 43.8. The molecular weight excluding hydrogens is 727 g/mol. The number of aryl methyl sites for hydroxylation is 1. The Balaban J connectivity index is 1.14. The summed E-state index contributed by atoms with van der Waals surface area (Å²) in [5.74, 6) is -1.56. The van der Waals surface area contributed by atoms with E-state index in [-0.39, 0.29) is 101 Å². The minimum Gasteiger partial charge on any atom is -0.379 e. The second-order valence-corrected chi connectivity index (χ2v) is 15.2. The van der Waals surface area contributed by atoms with Crippen LogP contribution < -0.4 is 37.6 Å². The number of hydrogen-bond acceptors (Lipinski definition) is 13. The lowest BCUT2D eigenvalue weighted by Gasteiger charge is -2.21. The van der Waals surface area contributed by atoms with E-state index in [2.05, 4.69) is 43.8 Å². The molecule has 1 aliphatic heterocycles. The molecule has 2 aliphatic rings. The first-order valence-corrected chi connectivity index (χ1v) is 20.3. The maximum Gasteiger partial charge on any atom is 0.242 e. The highest BCUT2D eigenvalue weighted by Crippen LogP contribution is 2.30. The molecule has 1 unspecified atom stereocenters. The van der Waals surface area contributed by atoms with E-state index in [1.165, 1.54) is 28.0 Å². The van der Waals surface area contributed by atoms with Gasteiger partial charge >= 0.3 is 0 Å². The third-order valence-corrected chi connectivity index (χ3v) is 10.7. The minimum absolute atomic E-state index is 0.0148. The molecule has 1 fully saturated rings. The first-order chi connectivity index (χ1) is 25.5. The lowest BCUT2D eigenvalue weighted by atomic mass is 9.98. The highest BCUT2D eigenvalue weighted by atomic mass is 32.2. The van der Waals surface area contributed by atoms with Crippen LogP contribution >= 0.6 is 23.1 Å². The van der Waals surface area contributed by atoms with Crippen molar-refractivity contribution in [1.29, 1.82) is 0 Å². The van der Waals surface area contributed by atoms with E-state index in [4.69, 9.17) is 10.5 Å². The quantitative estimate of drug-likeness (QED) is 0.0445. The molecule has 3 rings (SSSR count). The van der Waals surface area contributed by atoms with Gasteiger partial charge in [0.1, 0.15) is 0 Å². The molecule has 1 aliphatic carbocycles. The Morgan fingerprint density at radius 1 is 0.887 bits per heavy atom. The molecule has 1 aromatic heterocycles. The van der Waals surface area contributed by atoms with Gasteiger partial charge in [-0.1, -0.05) is 19.8 Å². The number of anilines is 1. The SMILES string of the molecule is CCCN[C@H]1CCc2nc(NC(=O)CNCC(=O)NCCCCCCSC3CC(=O)N(CCC(=O)NCCOCCC(=O)NCC(N)=O)C3=O)sc2C1. The van der Waals surface area contributed by atoms with Crippen LogP contribution in [-0.2, 0) is 51.1 Å². The van der Waals surface area contributed by atoms with Gasteiger partial charge in [-0.2, -0.15) is 0 Å². The van der Waals surface area contributed by atoms with E-state index in [1.807, 2.05) is 0 Å². The number of carbonyl (C=O) groups excluding carboxylic acids is 7. The van der Waals surface area contributed by atoms with Gasteiger partial charge in [0.2, 0.25) is 41.4 Å². The summed E-state index contributed by atoms with van der Waals surface area (Å²) < 4.78 is 5.28. The molecule has 0 bridgehead atoms. The number of carbonyl (C=O) groups is 7. The van der Waals surface area contributed by atoms with Crippen molar-refractivity contribution in [3.05, 3.63) is 10.6 Å². The van der Waals surface area contributed by atoms with Crippen molar-refractivity contribution in [3.8, 4) is 0 Å². The van der Waals surface area contributed by atoms with Crippen LogP contribution in [0.4, 0.5) is 5.13 Å². The van der Waals surface area contributed by atoms with Gasteiger partial charge in [-0.05, 0) is 50.8 Å². The summed E-state index contributed by atoms with van der Waals surface area (Å²) >= 11 is 2.98. The number of likely N-dealkylation sites (tertiary alicyclic amines) is 1. The zero-order valence-corrected chi connectivity index (χ0v) is 32.2. The highest BCUT2D eigenvalue weighted by molar-refractivity contribution is 8.00. The standard InChI is InChI=1S/C34H55N9O8S2/c1-2-11-37-23-7-8-24-25(18-23)53-34(41-24)42-31(48)22-36-21-30(47)38-12-5-3-4-6-17-52-26-19-32(49)43(33(26)50)14-9-28(45)39-13-16-51-15-10-29(46)40-20-27(35)44/h23,26,36-37H,2-22H2,1H3,(H2,35,44)(H,38,47)(H,39,45)(H,40,46)(H,41,42,48)/t23-,26?/m0/s1. The first-order valence-electron chi connectivity index (χ1n) is 18.4. The smallest absolute Gasteiger partial charge is 0.242 e. The molecule has 0 spiro atoms. The Hall–Kier alpha value is -3.65. The second kappa shape index (κ2) is 24.6. The molecule has 19 heteroatoms. The Bertz CT molecular complexity index is 1400. The van der Waals surface area contributed by atoms with Crippen LogP contribution in [-0.4, -0.2) is 127 Å². The molecule has 17 nitrogen and oxygen atoms in total. The van der Waals surface area contributed by atoms with Gasteiger partial charge in [-0.3, -0.25) is 43.8 Å². The highest BCUT2D eigenvalue weighted by Gasteiger charge is 2.38. The zero-order chi connectivity index (χ0) is 38.4. The van der Waals surface area contributed by atoms with E-state index >= 15 is 0 Å². The number of amides is 7. The number of ether oxygens (including phenoxy) is 1. The van der Waals surface area contributed by atoms with E-state index in [9.17, 15) is 33.6 Å². The zero-order valence-electron chi connectivity index (χ0n) is 30.6. The topological polar surface area (TPSA) is 243 Å². The summed E-state index contributed by atoms with van der Waals surface area (Å²) in [5.41, 5.74) is 6.02. The van der Waals surface area contributed by atoms with E-state index in [0.29, 0.717) is 17.7 Å². The molecule has 2 heterocycles. The van der Waals surface area contributed by atoms with Gasteiger partial charge in [0.15, 0.2) is 5.13 Å². The molecule has 0 aromatic carbocycles. The van der Waals surface area contributed by atoms with Crippen LogP contribution in [0.15, 0.2) is 0 Å². The van der Waals surface area contributed by atoms with Crippen molar-refractivity contribution < 1.29 is 38.3 Å². The normalized spacial score (nSPS) is 16.7. The fourth-order valence-corrected chi connectivity index (χ4v) is 7.91. The van der Waals surface area contributed by atoms with E-state index in [1.54, 1.807) is 0 Å². The predicted octanol–water partition coefficient (Wildman–Crippen LogP) is -0.420. The van der Waals surface area contributed by atoms with Crippen molar-refractivity contribution >= 4 is 69.6 Å². The van der Waals surface area contributed by atoms with Crippen molar-refractivity contribution in [2.24, 2.45) is 5.73 Å². The molecule has 2 atom stereocenters. The number of fused-ring (bicyclic) bond motifs is 1. The fourth-order valence-electron chi connectivity index (χ4n) is 5.62. The van der Waals surface area contributed by atoms with Crippen molar-refractivity contribution in [2.75, 3.05) is 70.1 Å². The number of primary amides is 1. The van der Waals surface area contributed by atoms with Crippen LogP contribution in [0, 0.1) is 0 Å². The molecular formula is C34H55N9O8S2. The Morgan fingerprint density at radius 3 is 2.43 bits per heavy atom. The maximum absolute atomic E-state index is 12.7. The third-order valence-electron chi connectivity index (χ3n) is 8.42. The van der Waals surface area contributed by atoms with Crippen LogP contribution in [0.1, 0.15) is 75.3 Å². The molecule has 53 heavy (non-hydrogen) atoms. The third kappa shape index (κ3) is 17.4. The van der Waals surface area contributed by atoms with Crippen LogP contribution in [0.5, 0.6) is 0 Å². The molecule has 1 aromatic rings. The number of nitrogens with one attached hydrogen (secondary N) is 6. The van der Waals surface area contributed by atoms with Gasteiger partial charge in [0.05, 0.1) is 43.8 Å². The number of unbranched alkanes of at least 4 members (excludes halogenated alkanes) is 3. The summed E-state index contributed by atoms with van der Waals surface area (Å²) in [5, 5.41) is 17.3. The number of thiazole rings is 1. The Morgan fingerprint density at radius 2 is 1.64 bits per heavy atom. The monoisotopic (exact) mass is 781 g/mol. The second-order valence-electron chi connectivity index (χ2n) is 12.9. The Labute approximate surface area is 318 Å².